The average Bonchev–Trinajstić information content (AvgIpc) is 3.14. The number of aromatic nitrogens is 2. The van der Waals surface area contributed by atoms with E-state index in [-0.39, 0.29) is 24.7 Å². The lowest BCUT2D eigenvalue weighted by molar-refractivity contribution is -0.118. The van der Waals surface area contributed by atoms with Crippen LogP contribution in [0.2, 0.25) is 5.02 Å². The number of nitrogens with zero attached hydrogens (tertiary/aromatic N) is 2. The van der Waals surface area contributed by atoms with Gasteiger partial charge >= 0.3 is 0 Å². The van der Waals surface area contributed by atoms with E-state index in [9.17, 15) is 9.59 Å². The number of ether oxygens (including phenoxy) is 2. The second-order valence-corrected chi connectivity index (χ2v) is 7.58. The molecule has 0 fully saturated rings. The molecule has 2 aromatic heterocycles. The van der Waals surface area contributed by atoms with Crippen LogP contribution in [0.25, 0.3) is 5.65 Å². The van der Waals surface area contributed by atoms with Crippen LogP contribution in [0.15, 0.2) is 63.9 Å². The first-order valence-electron chi connectivity index (χ1n) is 9.79. The van der Waals surface area contributed by atoms with E-state index in [2.05, 4.69) is 10.3 Å². The molecule has 4 rings (SSSR count). The molecule has 0 aliphatic heterocycles. The molecule has 32 heavy (non-hydrogen) atoms. The number of carbonyl (C=O) groups is 1. The summed E-state index contributed by atoms with van der Waals surface area (Å²) in [6.07, 6.45) is 0. The third-order valence-corrected chi connectivity index (χ3v) is 4.81. The second-order valence-electron chi connectivity index (χ2n) is 7.14. The molecule has 0 radical (unpaired) electrons. The molecule has 0 aliphatic rings. The van der Waals surface area contributed by atoms with Crippen LogP contribution >= 0.6 is 11.6 Å². The summed E-state index contributed by atoms with van der Waals surface area (Å²) in [5.74, 6) is 1.38. The number of anilines is 1. The molecule has 0 bridgehead atoms. The van der Waals surface area contributed by atoms with Crippen molar-refractivity contribution in [3.05, 3.63) is 87.0 Å². The predicted octanol–water partition coefficient (Wildman–Crippen LogP) is 4.15. The van der Waals surface area contributed by atoms with E-state index in [1.54, 1.807) is 49.4 Å². The molecule has 1 N–H and O–H groups in total. The summed E-state index contributed by atoms with van der Waals surface area (Å²) in [6, 6.07) is 15.1. The summed E-state index contributed by atoms with van der Waals surface area (Å²) in [5.41, 5.74) is 2.01. The maximum atomic E-state index is 12.2. The molecule has 8 nitrogen and oxygen atoms in total. The average molecular weight is 454 g/mol. The lowest BCUT2D eigenvalue weighted by Crippen LogP contribution is -2.20. The molecular formula is C23H20ClN3O5. The fourth-order valence-electron chi connectivity index (χ4n) is 3.01. The summed E-state index contributed by atoms with van der Waals surface area (Å²) in [6.45, 7) is 3.57. The molecule has 0 unspecified atom stereocenters. The Morgan fingerprint density at radius 3 is 2.66 bits per heavy atom. The van der Waals surface area contributed by atoms with Gasteiger partial charge < -0.3 is 19.3 Å². The van der Waals surface area contributed by atoms with Gasteiger partial charge in [-0.15, -0.1) is 4.57 Å². The molecule has 0 saturated carbocycles. The van der Waals surface area contributed by atoms with Crippen LogP contribution in [-0.4, -0.2) is 22.1 Å². The number of hydrogen-bond donors (Lipinski definition) is 1. The topological polar surface area (TPSA) is 95.1 Å². The molecule has 1 amide bonds. The third-order valence-electron chi connectivity index (χ3n) is 4.56. The zero-order valence-corrected chi connectivity index (χ0v) is 18.2. The molecule has 0 aliphatic carbocycles. The smallest absolute Gasteiger partial charge is 0.287 e. The Morgan fingerprint density at radius 1 is 1.09 bits per heavy atom. The molecule has 9 heteroatoms. The van der Waals surface area contributed by atoms with Gasteiger partial charge in [0.25, 0.3) is 11.5 Å². The molecule has 2 aromatic carbocycles. The molecule has 164 valence electrons. The maximum Gasteiger partial charge on any atom is 0.287 e. The lowest BCUT2D eigenvalue weighted by Gasteiger charge is -2.12. The molecular weight excluding hydrogens is 434 g/mol. The van der Waals surface area contributed by atoms with Crippen molar-refractivity contribution in [2.45, 2.75) is 20.5 Å². The number of halogens is 1. The van der Waals surface area contributed by atoms with E-state index in [1.165, 1.54) is 6.07 Å². The van der Waals surface area contributed by atoms with Gasteiger partial charge in [-0.3, -0.25) is 9.59 Å². The number of hydrogen-bond acceptors (Lipinski definition) is 6. The highest BCUT2D eigenvalue weighted by Gasteiger charge is 2.10. The second kappa shape index (κ2) is 9.15. The van der Waals surface area contributed by atoms with E-state index in [0.29, 0.717) is 39.3 Å². The van der Waals surface area contributed by atoms with Crippen LogP contribution in [0.1, 0.15) is 17.0 Å². The number of carbonyl (C=O) groups excluding carboxylic acids is 1. The van der Waals surface area contributed by atoms with Crippen LogP contribution in [0.5, 0.6) is 11.5 Å². The first kappa shape index (κ1) is 21.5. The van der Waals surface area contributed by atoms with Crippen molar-refractivity contribution < 1.29 is 18.8 Å². The van der Waals surface area contributed by atoms with Crippen LogP contribution in [-0.2, 0) is 11.4 Å². The lowest BCUT2D eigenvalue weighted by atomic mass is 10.2. The van der Waals surface area contributed by atoms with E-state index in [1.807, 2.05) is 13.0 Å². The van der Waals surface area contributed by atoms with Gasteiger partial charge in [-0.2, -0.15) is 0 Å². The van der Waals surface area contributed by atoms with Crippen molar-refractivity contribution in [2.24, 2.45) is 0 Å². The minimum Gasteiger partial charge on any atom is -0.487 e. The zero-order valence-electron chi connectivity index (χ0n) is 17.4. The van der Waals surface area contributed by atoms with Gasteiger partial charge in [-0.05, 0) is 49.7 Å². The molecule has 2 heterocycles. The Balaban J connectivity index is 1.39. The van der Waals surface area contributed by atoms with E-state index in [4.69, 9.17) is 25.6 Å². The maximum absolute atomic E-state index is 12.2. The number of amides is 1. The Labute approximate surface area is 188 Å². The summed E-state index contributed by atoms with van der Waals surface area (Å²) in [4.78, 5) is 28.8. The van der Waals surface area contributed by atoms with E-state index in [0.717, 1.165) is 10.1 Å². The summed E-state index contributed by atoms with van der Waals surface area (Å²) < 4.78 is 17.7. The van der Waals surface area contributed by atoms with Gasteiger partial charge in [-0.25, -0.2) is 4.98 Å². The zero-order chi connectivity index (χ0) is 22.7. The third kappa shape index (κ3) is 5.09. The molecule has 0 saturated heterocycles. The number of nitrogens with one attached hydrogen (secondary N) is 1. The van der Waals surface area contributed by atoms with Crippen molar-refractivity contribution in [3.63, 3.8) is 0 Å². The summed E-state index contributed by atoms with van der Waals surface area (Å²) in [7, 11) is 0. The number of aryl methyl sites for hydroxylation is 2. The Kier molecular flexibility index (Phi) is 6.13. The van der Waals surface area contributed by atoms with Gasteiger partial charge in [0.2, 0.25) is 0 Å². The van der Waals surface area contributed by atoms with Crippen molar-refractivity contribution in [1.82, 2.24) is 9.56 Å². The van der Waals surface area contributed by atoms with Crippen LogP contribution in [0.4, 0.5) is 5.69 Å². The molecule has 4 aromatic rings. The first-order valence-corrected chi connectivity index (χ1v) is 10.2. The van der Waals surface area contributed by atoms with Gasteiger partial charge in [-0.1, -0.05) is 17.7 Å². The highest BCUT2D eigenvalue weighted by molar-refractivity contribution is 6.30. The van der Waals surface area contributed by atoms with Gasteiger partial charge in [0, 0.05) is 28.9 Å². The molecule has 0 atom stereocenters. The normalized spacial score (nSPS) is 10.8. The standard InChI is InChI=1S/C23H20ClN3O5/c1-14-3-6-17(26-22(28)13-30-19-7-4-16(24)5-8-19)10-20(14)31-12-18-11-23(29)27-21(25-18)9-15(2)32-27/h3-11H,12-13H2,1-2H3,(H,26,28). The Bertz CT molecular complexity index is 1330. The van der Waals surface area contributed by atoms with E-state index >= 15 is 0 Å². The van der Waals surface area contributed by atoms with Crippen LogP contribution in [0.3, 0.4) is 0 Å². The minimum absolute atomic E-state index is 0.0912. The van der Waals surface area contributed by atoms with Gasteiger partial charge in [0.1, 0.15) is 23.9 Å². The van der Waals surface area contributed by atoms with Crippen molar-refractivity contribution in [2.75, 3.05) is 11.9 Å². The Hall–Kier alpha value is -3.78. The number of fused-ring (bicyclic) bond motifs is 1. The number of benzene rings is 2. The van der Waals surface area contributed by atoms with Gasteiger partial charge in [0.05, 0.1) is 5.69 Å². The largest absolute Gasteiger partial charge is 0.487 e. The Morgan fingerprint density at radius 2 is 1.88 bits per heavy atom. The first-order chi connectivity index (χ1) is 15.4. The van der Waals surface area contributed by atoms with Crippen LogP contribution in [0, 0.1) is 13.8 Å². The molecule has 0 spiro atoms. The highest BCUT2D eigenvalue weighted by atomic mass is 35.5. The fourth-order valence-corrected chi connectivity index (χ4v) is 3.14. The fraction of sp³-hybridized carbons (Fsp3) is 0.174. The minimum atomic E-state index is -0.319. The summed E-state index contributed by atoms with van der Waals surface area (Å²) in [5, 5.41) is 3.37. The van der Waals surface area contributed by atoms with Crippen molar-refractivity contribution in [1.29, 1.82) is 0 Å². The predicted molar refractivity (Wildman–Crippen MR) is 120 cm³/mol. The summed E-state index contributed by atoms with van der Waals surface area (Å²) >= 11 is 5.84. The van der Waals surface area contributed by atoms with E-state index < -0.39 is 0 Å². The number of rotatable bonds is 7. The highest BCUT2D eigenvalue weighted by Crippen LogP contribution is 2.24. The SMILES string of the molecule is Cc1cc2nc(COc3cc(NC(=O)COc4ccc(Cl)cc4)ccc3C)cc(=O)n2o1. The monoisotopic (exact) mass is 453 g/mol. The van der Waals surface area contributed by atoms with Gasteiger partial charge in [0.15, 0.2) is 12.3 Å². The van der Waals surface area contributed by atoms with Crippen molar-refractivity contribution in [3.8, 4) is 11.5 Å². The quantitative estimate of drug-likeness (QED) is 0.451. The van der Waals surface area contributed by atoms with Crippen LogP contribution < -0.4 is 20.3 Å². The van der Waals surface area contributed by atoms with Crippen molar-refractivity contribution >= 4 is 28.8 Å².